The molecule has 4 N–H and O–H groups in total. The lowest BCUT2D eigenvalue weighted by Gasteiger charge is -2.28. The number of carboxylic acid groups (broad SMARTS) is 2. The highest BCUT2D eigenvalue weighted by molar-refractivity contribution is 5.75. The Bertz CT molecular complexity index is 490. The first-order valence-electron chi connectivity index (χ1n) is 8.71. The molecule has 0 aliphatic carbocycles. The van der Waals surface area contributed by atoms with Gasteiger partial charge in [-0.05, 0) is 12.0 Å². The summed E-state index contributed by atoms with van der Waals surface area (Å²) in [4.78, 5) is 19.3. The second-order valence-corrected chi connectivity index (χ2v) is 6.05. The fourth-order valence-electron chi connectivity index (χ4n) is 2.23. The molecular weight excluding hydrogens is 340 g/mol. The summed E-state index contributed by atoms with van der Waals surface area (Å²) in [6.45, 7) is 2.67. The van der Waals surface area contributed by atoms with E-state index in [-0.39, 0.29) is 32.7 Å². The third kappa shape index (κ3) is 13.3. The molecule has 0 spiro atoms. The molecule has 0 saturated heterocycles. The molecule has 0 bridgehead atoms. The molecule has 1 aromatic rings. The van der Waals surface area contributed by atoms with Crippen molar-refractivity contribution in [3.05, 3.63) is 35.9 Å². The quantitative estimate of drug-likeness (QED) is 0.415. The first-order chi connectivity index (χ1) is 12.3. The molecule has 0 aliphatic heterocycles. The van der Waals surface area contributed by atoms with E-state index in [1.54, 1.807) is 0 Å². The Morgan fingerprint density at radius 1 is 1.08 bits per heavy atom. The fourth-order valence-corrected chi connectivity index (χ4v) is 2.23. The van der Waals surface area contributed by atoms with E-state index < -0.39 is 17.5 Å². The number of unbranched alkanes of at least 4 members (excludes halogenated alkanes) is 1. The number of carboxylic acids is 2. The number of rotatable bonds is 12. The zero-order chi connectivity index (χ0) is 19.8. The highest BCUT2D eigenvalue weighted by Crippen LogP contribution is 2.21. The third-order valence-electron chi connectivity index (χ3n) is 3.53. The van der Waals surface area contributed by atoms with Gasteiger partial charge in [-0.3, -0.25) is 9.59 Å². The summed E-state index contributed by atoms with van der Waals surface area (Å²) < 4.78 is 5.32. The topological polar surface area (TPSA) is 124 Å². The Kier molecular flexibility index (Phi) is 13.2. The maximum absolute atomic E-state index is 10.6. The average Bonchev–Trinajstić information content (AvgIpc) is 2.60. The SMILES string of the molecule is CCCCC(O)(COCCO)Cc1ccccc1.O=C(O)CCC(=O)O. The van der Waals surface area contributed by atoms with Crippen molar-refractivity contribution < 1.29 is 34.8 Å². The van der Waals surface area contributed by atoms with Gasteiger partial charge in [-0.15, -0.1) is 0 Å². The Morgan fingerprint density at radius 3 is 2.12 bits per heavy atom. The van der Waals surface area contributed by atoms with Crippen LogP contribution >= 0.6 is 0 Å². The smallest absolute Gasteiger partial charge is 0.303 e. The summed E-state index contributed by atoms with van der Waals surface area (Å²) in [5.41, 5.74) is 0.288. The molecule has 0 saturated carbocycles. The van der Waals surface area contributed by atoms with Gasteiger partial charge >= 0.3 is 11.9 Å². The first-order valence-corrected chi connectivity index (χ1v) is 8.71. The summed E-state index contributed by atoms with van der Waals surface area (Å²) in [5, 5.41) is 35.1. The molecule has 0 aromatic heterocycles. The predicted molar refractivity (Wildman–Crippen MR) is 97.0 cm³/mol. The number of hydrogen-bond donors (Lipinski definition) is 4. The number of aliphatic hydroxyl groups excluding tert-OH is 1. The van der Waals surface area contributed by atoms with Gasteiger partial charge in [0.05, 0.1) is 38.3 Å². The molecule has 26 heavy (non-hydrogen) atoms. The Hall–Kier alpha value is -1.96. The van der Waals surface area contributed by atoms with Crippen LogP contribution in [0.25, 0.3) is 0 Å². The molecule has 1 aromatic carbocycles. The summed E-state index contributed by atoms with van der Waals surface area (Å²) in [6.07, 6.45) is 2.76. The number of benzene rings is 1. The second kappa shape index (κ2) is 14.2. The van der Waals surface area contributed by atoms with Crippen molar-refractivity contribution >= 4 is 11.9 Å². The van der Waals surface area contributed by atoms with Crippen LogP contribution in [-0.4, -0.2) is 57.8 Å². The van der Waals surface area contributed by atoms with Gasteiger partial charge < -0.3 is 25.2 Å². The van der Waals surface area contributed by atoms with Crippen molar-refractivity contribution in [1.29, 1.82) is 0 Å². The van der Waals surface area contributed by atoms with Crippen LogP contribution in [0.5, 0.6) is 0 Å². The summed E-state index contributed by atoms with van der Waals surface area (Å²) in [5.74, 6) is -2.15. The summed E-state index contributed by atoms with van der Waals surface area (Å²) in [7, 11) is 0. The Balaban J connectivity index is 0.000000660. The molecule has 1 atom stereocenters. The standard InChI is InChI=1S/C15H24O3.C4H6O4/c1-2-3-9-15(17,13-18-11-10-16)12-14-7-5-4-6-8-14;5-3(6)1-2-4(7)8/h4-8,16-17H,2-3,9-13H2,1H3;1-2H2,(H,5,6)(H,7,8). The van der Waals surface area contributed by atoms with E-state index in [9.17, 15) is 14.7 Å². The molecule has 0 amide bonds. The molecular formula is C19H30O7. The average molecular weight is 370 g/mol. The van der Waals surface area contributed by atoms with Gasteiger partial charge in [-0.25, -0.2) is 0 Å². The zero-order valence-corrected chi connectivity index (χ0v) is 15.3. The van der Waals surface area contributed by atoms with Crippen molar-refractivity contribution in [1.82, 2.24) is 0 Å². The molecule has 0 fully saturated rings. The highest BCUT2D eigenvalue weighted by atomic mass is 16.5. The van der Waals surface area contributed by atoms with Crippen molar-refractivity contribution in [3.8, 4) is 0 Å². The van der Waals surface area contributed by atoms with Crippen molar-refractivity contribution in [2.24, 2.45) is 0 Å². The van der Waals surface area contributed by atoms with Crippen molar-refractivity contribution in [2.75, 3.05) is 19.8 Å². The van der Waals surface area contributed by atoms with Crippen LogP contribution in [0.2, 0.25) is 0 Å². The van der Waals surface area contributed by atoms with Crippen molar-refractivity contribution in [3.63, 3.8) is 0 Å². The largest absolute Gasteiger partial charge is 0.481 e. The van der Waals surface area contributed by atoms with Crippen LogP contribution in [0.4, 0.5) is 0 Å². The number of aliphatic carboxylic acids is 2. The van der Waals surface area contributed by atoms with Gasteiger partial charge in [0.2, 0.25) is 0 Å². The second-order valence-electron chi connectivity index (χ2n) is 6.05. The third-order valence-corrected chi connectivity index (χ3v) is 3.53. The number of hydrogen-bond acceptors (Lipinski definition) is 5. The van der Waals surface area contributed by atoms with E-state index in [1.165, 1.54) is 0 Å². The zero-order valence-electron chi connectivity index (χ0n) is 15.3. The lowest BCUT2D eigenvalue weighted by atomic mass is 9.90. The minimum absolute atomic E-state index is 0.00477. The molecule has 0 heterocycles. The number of carbonyl (C=O) groups is 2. The minimum atomic E-state index is -1.08. The summed E-state index contributed by atoms with van der Waals surface area (Å²) >= 11 is 0. The molecule has 0 aliphatic rings. The van der Waals surface area contributed by atoms with Crippen molar-refractivity contribution in [2.45, 2.75) is 51.0 Å². The van der Waals surface area contributed by atoms with Gasteiger partial charge in [0.15, 0.2) is 0 Å². The van der Waals surface area contributed by atoms with Gasteiger partial charge in [-0.2, -0.15) is 0 Å². The van der Waals surface area contributed by atoms with E-state index in [2.05, 4.69) is 6.92 Å². The minimum Gasteiger partial charge on any atom is -0.481 e. The van der Waals surface area contributed by atoms with Gasteiger partial charge in [-0.1, -0.05) is 50.1 Å². The Morgan fingerprint density at radius 2 is 1.65 bits per heavy atom. The highest BCUT2D eigenvalue weighted by Gasteiger charge is 2.26. The lowest BCUT2D eigenvalue weighted by Crippen LogP contribution is -2.37. The van der Waals surface area contributed by atoms with Crippen LogP contribution in [0, 0.1) is 0 Å². The van der Waals surface area contributed by atoms with Crippen LogP contribution in [0.15, 0.2) is 30.3 Å². The molecule has 7 heteroatoms. The van der Waals surface area contributed by atoms with Crippen LogP contribution in [0.3, 0.4) is 0 Å². The van der Waals surface area contributed by atoms with E-state index in [4.69, 9.17) is 20.1 Å². The predicted octanol–water partition coefficient (Wildman–Crippen LogP) is 2.10. The number of ether oxygens (including phenoxy) is 1. The maximum Gasteiger partial charge on any atom is 0.303 e. The van der Waals surface area contributed by atoms with E-state index >= 15 is 0 Å². The van der Waals surface area contributed by atoms with E-state index in [1.807, 2.05) is 30.3 Å². The van der Waals surface area contributed by atoms with Crippen LogP contribution in [0.1, 0.15) is 44.6 Å². The van der Waals surface area contributed by atoms with E-state index in [0.29, 0.717) is 6.42 Å². The molecule has 1 rings (SSSR count). The summed E-state index contributed by atoms with van der Waals surface area (Å²) in [6, 6.07) is 9.96. The van der Waals surface area contributed by atoms with Crippen LogP contribution < -0.4 is 0 Å². The molecule has 0 radical (unpaired) electrons. The fraction of sp³-hybridized carbons (Fsp3) is 0.579. The van der Waals surface area contributed by atoms with Gasteiger partial charge in [0.1, 0.15) is 0 Å². The normalized spacial score (nSPS) is 12.6. The maximum atomic E-state index is 10.6. The van der Waals surface area contributed by atoms with Gasteiger partial charge in [0, 0.05) is 6.42 Å². The Labute approximate surface area is 154 Å². The monoisotopic (exact) mass is 370 g/mol. The lowest BCUT2D eigenvalue weighted by molar-refractivity contribution is -0.143. The molecule has 148 valence electrons. The van der Waals surface area contributed by atoms with Crippen LogP contribution in [-0.2, 0) is 20.7 Å². The molecule has 1 unspecified atom stereocenters. The number of aliphatic hydroxyl groups is 2. The van der Waals surface area contributed by atoms with E-state index in [0.717, 1.165) is 24.8 Å². The molecule has 7 nitrogen and oxygen atoms in total. The first kappa shape index (κ1) is 24.0. The van der Waals surface area contributed by atoms with Gasteiger partial charge in [0.25, 0.3) is 0 Å².